The Hall–Kier alpha value is -3.24. The van der Waals surface area contributed by atoms with Crippen molar-refractivity contribution in [3.8, 4) is 27.4 Å². The fourth-order valence-corrected chi connectivity index (χ4v) is 3.91. The van der Waals surface area contributed by atoms with Gasteiger partial charge in [-0.3, -0.25) is 4.79 Å². The largest absolute Gasteiger partial charge is 0.497 e. The second-order valence-corrected chi connectivity index (χ2v) is 6.99. The van der Waals surface area contributed by atoms with E-state index in [9.17, 15) is 4.79 Å². The second-order valence-electron chi connectivity index (χ2n) is 5.99. The third kappa shape index (κ3) is 3.52. The predicted octanol–water partition coefficient (Wildman–Crippen LogP) is 5.72. The van der Waals surface area contributed by atoms with Crippen LogP contribution in [-0.2, 0) is 0 Å². The summed E-state index contributed by atoms with van der Waals surface area (Å²) in [5.74, 6) is 0.730. The number of carbonyl (C=O) groups excluding carboxylic acids is 1. The molecule has 0 bridgehead atoms. The summed E-state index contributed by atoms with van der Waals surface area (Å²) in [5, 5.41) is 0.492. The molecule has 0 amide bonds. The van der Waals surface area contributed by atoms with Crippen LogP contribution in [0.1, 0.15) is 15.4 Å². The number of rotatable bonds is 5. The van der Waals surface area contributed by atoms with Gasteiger partial charge in [-0.05, 0) is 29.8 Å². The first-order chi connectivity index (χ1) is 13.3. The van der Waals surface area contributed by atoms with Crippen LogP contribution >= 0.6 is 11.3 Å². The van der Waals surface area contributed by atoms with Crippen molar-refractivity contribution in [2.24, 2.45) is 0 Å². The van der Waals surface area contributed by atoms with Crippen LogP contribution in [0.25, 0.3) is 21.7 Å². The molecule has 4 heteroatoms. The Bertz CT molecular complexity index is 1050. The number of nitrogens with zero attached hydrogens (tertiary/aromatic N) is 1. The molecular weight excluding hydrogens is 354 g/mol. The molecule has 1 heterocycles. The van der Waals surface area contributed by atoms with Crippen LogP contribution in [0.2, 0.25) is 0 Å². The Labute approximate surface area is 161 Å². The molecular formula is C23H17NO2S. The van der Waals surface area contributed by atoms with Crippen molar-refractivity contribution in [2.75, 3.05) is 7.11 Å². The Balaban J connectivity index is 1.83. The lowest BCUT2D eigenvalue weighted by Crippen LogP contribution is -2.00. The Kier molecular flexibility index (Phi) is 4.81. The minimum atomic E-state index is -0.0578. The maximum Gasteiger partial charge on any atom is 0.221 e. The van der Waals surface area contributed by atoms with E-state index in [2.05, 4.69) is 0 Å². The molecule has 0 atom stereocenters. The van der Waals surface area contributed by atoms with E-state index in [-0.39, 0.29) is 5.78 Å². The molecule has 0 aliphatic carbocycles. The molecule has 0 N–H and O–H groups in total. The van der Waals surface area contributed by atoms with Crippen LogP contribution in [0.15, 0.2) is 84.9 Å². The summed E-state index contributed by atoms with van der Waals surface area (Å²) in [5.41, 5.74) is 3.46. The van der Waals surface area contributed by atoms with Gasteiger partial charge in [-0.1, -0.05) is 60.7 Å². The van der Waals surface area contributed by atoms with E-state index < -0.39 is 0 Å². The van der Waals surface area contributed by atoms with Crippen molar-refractivity contribution >= 4 is 17.1 Å². The summed E-state index contributed by atoms with van der Waals surface area (Å²) in [6.45, 7) is 0. The number of ketones is 1. The summed E-state index contributed by atoms with van der Waals surface area (Å²) in [6, 6.07) is 27.1. The topological polar surface area (TPSA) is 39.2 Å². The Morgan fingerprint density at radius 1 is 0.815 bits per heavy atom. The van der Waals surface area contributed by atoms with E-state index >= 15 is 0 Å². The summed E-state index contributed by atoms with van der Waals surface area (Å²) < 4.78 is 5.25. The first-order valence-electron chi connectivity index (χ1n) is 8.56. The lowest BCUT2D eigenvalue weighted by molar-refractivity contribution is 0.103. The molecule has 0 aliphatic rings. The molecule has 0 spiro atoms. The monoisotopic (exact) mass is 371 g/mol. The highest BCUT2D eigenvalue weighted by molar-refractivity contribution is 7.17. The smallest absolute Gasteiger partial charge is 0.221 e. The number of methoxy groups -OCH3 is 1. The molecule has 1 aromatic heterocycles. The van der Waals surface area contributed by atoms with Gasteiger partial charge in [0.25, 0.3) is 0 Å². The molecule has 4 rings (SSSR count). The highest BCUT2D eigenvalue weighted by atomic mass is 32.1. The van der Waals surface area contributed by atoms with E-state index in [1.807, 2.05) is 84.9 Å². The summed E-state index contributed by atoms with van der Waals surface area (Å²) in [7, 11) is 1.64. The van der Waals surface area contributed by atoms with E-state index in [1.54, 1.807) is 7.11 Å². The van der Waals surface area contributed by atoms with E-state index in [1.165, 1.54) is 11.3 Å². The molecule has 27 heavy (non-hydrogen) atoms. The van der Waals surface area contributed by atoms with Gasteiger partial charge < -0.3 is 4.74 Å². The van der Waals surface area contributed by atoms with Crippen LogP contribution in [0.4, 0.5) is 0 Å². The lowest BCUT2D eigenvalue weighted by atomic mass is 10.1. The molecule has 4 aromatic rings. The van der Waals surface area contributed by atoms with Crippen LogP contribution in [0.5, 0.6) is 5.75 Å². The SMILES string of the molecule is COc1ccc(-c2nc(C(=O)c3ccccc3)sc2-c2ccccc2)cc1. The fraction of sp³-hybridized carbons (Fsp3) is 0.0435. The standard InChI is InChI=1S/C23H17NO2S/c1-26-19-14-12-16(13-15-19)20-22(18-10-6-3-7-11-18)27-23(24-20)21(25)17-8-4-2-5-9-17/h2-15H,1H3. The molecule has 0 saturated carbocycles. The summed E-state index contributed by atoms with van der Waals surface area (Å²) in [4.78, 5) is 18.6. The lowest BCUT2D eigenvalue weighted by Gasteiger charge is -2.04. The fourth-order valence-electron chi connectivity index (χ4n) is 2.86. The Morgan fingerprint density at radius 2 is 1.44 bits per heavy atom. The molecule has 0 aliphatic heterocycles. The normalized spacial score (nSPS) is 10.6. The van der Waals surface area contributed by atoms with Gasteiger partial charge >= 0.3 is 0 Å². The maximum absolute atomic E-state index is 12.9. The van der Waals surface area contributed by atoms with Crippen molar-refractivity contribution in [1.82, 2.24) is 4.98 Å². The van der Waals surface area contributed by atoms with Gasteiger partial charge in [0.15, 0.2) is 5.01 Å². The third-order valence-corrected chi connectivity index (χ3v) is 5.36. The molecule has 0 fully saturated rings. The zero-order valence-electron chi connectivity index (χ0n) is 14.8. The van der Waals surface area contributed by atoms with Gasteiger partial charge in [-0.25, -0.2) is 4.98 Å². The minimum Gasteiger partial charge on any atom is -0.497 e. The van der Waals surface area contributed by atoms with Gasteiger partial charge in [0.1, 0.15) is 5.75 Å². The highest BCUT2D eigenvalue weighted by Gasteiger charge is 2.20. The van der Waals surface area contributed by atoms with Crippen molar-refractivity contribution in [2.45, 2.75) is 0 Å². The van der Waals surface area contributed by atoms with Crippen molar-refractivity contribution in [1.29, 1.82) is 0 Å². The van der Waals surface area contributed by atoms with Gasteiger partial charge in [-0.2, -0.15) is 0 Å². The number of benzene rings is 3. The number of hydrogen-bond acceptors (Lipinski definition) is 4. The molecule has 3 aromatic carbocycles. The van der Waals surface area contributed by atoms with Crippen molar-refractivity contribution < 1.29 is 9.53 Å². The average Bonchev–Trinajstić information content (AvgIpc) is 3.20. The average molecular weight is 371 g/mol. The summed E-state index contributed by atoms with van der Waals surface area (Å²) >= 11 is 1.43. The number of aromatic nitrogens is 1. The van der Waals surface area contributed by atoms with Gasteiger partial charge in [0, 0.05) is 11.1 Å². The first kappa shape index (κ1) is 17.2. The van der Waals surface area contributed by atoms with Crippen LogP contribution in [0, 0.1) is 0 Å². The van der Waals surface area contributed by atoms with Crippen LogP contribution in [0.3, 0.4) is 0 Å². The zero-order valence-corrected chi connectivity index (χ0v) is 15.6. The van der Waals surface area contributed by atoms with Crippen molar-refractivity contribution in [3.63, 3.8) is 0 Å². The molecule has 0 radical (unpaired) electrons. The van der Waals surface area contributed by atoms with E-state index in [0.717, 1.165) is 27.4 Å². The van der Waals surface area contributed by atoms with Gasteiger partial charge in [0.2, 0.25) is 5.78 Å². The highest BCUT2D eigenvalue weighted by Crippen LogP contribution is 2.38. The van der Waals surface area contributed by atoms with Crippen molar-refractivity contribution in [3.05, 3.63) is 95.5 Å². The molecule has 132 valence electrons. The zero-order chi connectivity index (χ0) is 18.6. The number of carbonyl (C=O) groups is 1. The molecule has 3 nitrogen and oxygen atoms in total. The number of ether oxygens (including phenoxy) is 1. The number of thiazole rings is 1. The first-order valence-corrected chi connectivity index (χ1v) is 9.38. The van der Waals surface area contributed by atoms with Gasteiger partial charge in [0.05, 0.1) is 17.7 Å². The van der Waals surface area contributed by atoms with E-state index in [4.69, 9.17) is 9.72 Å². The van der Waals surface area contributed by atoms with Crippen LogP contribution < -0.4 is 4.74 Å². The van der Waals surface area contributed by atoms with Gasteiger partial charge in [-0.15, -0.1) is 11.3 Å². The second kappa shape index (κ2) is 7.56. The van der Waals surface area contributed by atoms with E-state index in [0.29, 0.717) is 10.6 Å². The predicted molar refractivity (Wildman–Crippen MR) is 109 cm³/mol. The van der Waals surface area contributed by atoms with Crippen LogP contribution in [-0.4, -0.2) is 17.9 Å². The Morgan fingerprint density at radius 3 is 2.07 bits per heavy atom. The minimum absolute atomic E-state index is 0.0578. The molecule has 0 unspecified atom stereocenters. The third-order valence-electron chi connectivity index (χ3n) is 4.26. The quantitative estimate of drug-likeness (QED) is 0.421. The maximum atomic E-state index is 12.9. The summed E-state index contributed by atoms with van der Waals surface area (Å²) in [6.07, 6.45) is 0. The number of hydrogen-bond donors (Lipinski definition) is 0. The molecule has 0 saturated heterocycles.